The van der Waals surface area contributed by atoms with E-state index >= 15 is 0 Å². The Labute approximate surface area is 162 Å². The van der Waals surface area contributed by atoms with E-state index in [1.807, 2.05) is 24.3 Å². The predicted octanol–water partition coefficient (Wildman–Crippen LogP) is 3.91. The summed E-state index contributed by atoms with van der Waals surface area (Å²) in [5.74, 6) is 0.295. The molecule has 0 N–H and O–H groups in total. The molecule has 1 aromatic rings. The Hall–Kier alpha value is -2.30. The molecule has 0 fully saturated rings. The number of hydrogen-bond acceptors (Lipinski definition) is 4. The summed E-state index contributed by atoms with van der Waals surface area (Å²) in [6.07, 6.45) is 8.98. The summed E-state index contributed by atoms with van der Waals surface area (Å²) in [6, 6.07) is 7.79. The summed E-state index contributed by atoms with van der Waals surface area (Å²) in [5, 5.41) is 0. The fourth-order valence-corrected chi connectivity index (χ4v) is 3.19. The summed E-state index contributed by atoms with van der Waals surface area (Å²) in [6.45, 7) is 3.03. The number of carbonyl (C=O) groups excluding carboxylic acids is 2. The molecule has 1 aliphatic carbocycles. The van der Waals surface area contributed by atoms with E-state index in [-0.39, 0.29) is 24.9 Å². The van der Waals surface area contributed by atoms with Gasteiger partial charge in [-0.15, -0.1) is 0 Å². The van der Waals surface area contributed by atoms with Crippen LogP contribution in [0.1, 0.15) is 51.0 Å². The van der Waals surface area contributed by atoms with Crippen molar-refractivity contribution in [3.8, 4) is 5.75 Å². The van der Waals surface area contributed by atoms with Crippen LogP contribution in [0.2, 0.25) is 0 Å². The SMILES string of the molecule is CCc1cccc(OCC(=O)N(CCC(=O)OC)CCC2=CCCCC2)c1. The largest absolute Gasteiger partial charge is 0.484 e. The lowest BCUT2D eigenvalue weighted by Gasteiger charge is -2.24. The van der Waals surface area contributed by atoms with Gasteiger partial charge in [0.05, 0.1) is 13.5 Å². The highest BCUT2D eigenvalue weighted by Gasteiger charge is 2.17. The summed E-state index contributed by atoms with van der Waals surface area (Å²) >= 11 is 0. The number of allylic oxidation sites excluding steroid dienone is 1. The number of hydrogen-bond donors (Lipinski definition) is 0. The molecule has 0 unspecified atom stereocenters. The van der Waals surface area contributed by atoms with Gasteiger partial charge in [-0.3, -0.25) is 9.59 Å². The van der Waals surface area contributed by atoms with Gasteiger partial charge in [-0.2, -0.15) is 0 Å². The van der Waals surface area contributed by atoms with Gasteiger partial charge in [-0.25, -0.2) is 0 Å². The highest BCUT2D eigenvalue weighted by atomic mass is 16.5. The van der Waals surface area contributed by atoms with Crippen LogP contribution in [0.25, 0.3) is 0 Å². The Kier molecular flexibility index (Phi) is 8.89. The lowest BCUT2D eigenvalue weighted by Crippen LogP contribution is -2.37. The normalized spacial score (nSPS) is 13.6. The van der Waals surface area contributed by atoms with Gasteiger partial charge in [-0.1, -0.05) is 30.7 Å². The predicted molar refractivity (Wildman–Crippen MR) is 106 cm³/mol. The monoisotopic (exact) mass is 373 g/mol. The first-order chi connectivity index (χ1) is 13.1. The highest BCUT2D eigenvalue weighted by Crippen LogP contribution is 2.20. The lowest BCUT2D eigenvalue weighted by molar-refractivity contribution is -0.142. The molecule has 5 nitrogen and oxygen atoms in total. The maximum absolute atomic E-state index is 12.7. The zero-order chi connectivity index (χ0) is 19.5. The molecule has 2 rings (SSSR count). The van der Waals surface area contributed by atoms with E-state index in [4.69, 9.17) is 9.47 Å². The van der Waals surface area contributed by atoms with Crippen molar-refractivity contribution in [1.29, 1.82) is 0 Å². The molecule has 0 atom stereocenters. The molecule has 0 saturated heterocycles. The average molecular weight is 373 g/mol. The fourth-order valence-electron chi connectivity index (χ4n) is 3.19. The molecule has 0 aromatic heterocycles. The fraction of sp³-hybridized carbons (Fsp3) is 0.545. The number of carbonyl (C=O) groups is 2. The van der Waals surface area contributed by atoms with E-state index in [0.717, 1.165) is 25.7 Å². The van der Waals surface area contributed by atoms with E-state index < -0.39 is 0 Å². The zero-order valence-electron chi connectivity index (χ0n) is 16.5. The van der Waals surface area contributed by atoms with Crippen molar-refractivity contribution < 1.29 is 19.1 Å². The van der Waals surface area contributed by atoms with Crippen molar-refractivity contribution >= 4 is 11.9 Å². The lowest BCUT2D eigenvalue weighted by atomic mass is 9.97. The maximum atomic E-state index is 12.7. The van der Waals surface area contributed by atoms with Crippen LogP contribution < -0.4 is 4.74 Å². The Bertz CT molecular complexity index is 653. The van der Waals surface area contributed by atoms with E-state index in [1.165, 1.54) is 31.1 Å². The Morgan fingerprint density at radius 3 is 2.74 bits per heavy atom. The second kappa shape index (κ2) is 11.4. The van der Waals surface area contributed by atoms with Crippen molar-refractivity contribution in [1.82, 2.24) is 4.90 Å². The number of rotatable bonds is 10. The molecule has 27 heavy (non-hydrogen) atoms. The number of methoxy groups -OCH3 is 1. The Balaban J connectivity index is 1.91. The van der Waals surface area contributed by atoms with Gasteiger partial charge in [0.2, 0.25) is 0 Å². The summed E-state index contributed by atoms with van der Waals surface area (Å²) < 4.78 is 10.4. The van der Waals surface area contributed by atoms with Gasteiger partial charge in [0.1, 0.15) is 5.75 Å². The van der Waals surface area contributed by atoms with E-state index in [1.54, 1.807) is 4.90 Å². The van der Waals surface area contributed by atoms with Gasteiger partial charge in [0.25, 0.3) is 5.91 Å². The molecule has 5 heteroatoms. The van der Waals surface area contributed by atoms with Gasteiger partial charge in [0, 0.05) is 13.1 Å². The standard InChI is InChI=1S/C22H31NO4/c1-3-18-10-7-11-20(16-18)27-17-21(24)23(15-13-22(25)26-2)14-12-19-8-5-4-6-9-19/h7-8,10-11,16H,3-6,9,12-15,17H2,1-2H3. The molecule has 0 spiro atoms. The van der Waals surface area contributed by atoms with Crippen molar-refractivity contribution in [2.75, 3.05) is 26.8 Å². The number of aryl methyl sites for hydroxylation is 1. The number of esters is 1. The zero-order valence-corrected chi connectivity index (χ0v) is 16.5. The van der Waals surface area contributed by atoms with Crippen LogP contribution in [0.15, 0.2) is 35.9 Å². The average Bonchev–Trinajstić information content (AvgIpc) is 2.72. The van der Waals surface area contributed by atoms with Crippen molar-refractivity contribution in [3.63, 3.8) is 0 Å². The molecule has 1 aliphatic rings. The van der Waals surface area contributed by atoms with Crippen LogP contribution in [0.5, 0.6) is 5.75 Å². The quantitative estimate of drug-likeness (QED) is 0.461. The smallest absolute Gasteiger partial charge is 0.307 e. The Morgan fingerprint density at radius 1 is 1.19 bits per heavy atom. The van der Waals surface area contributed by atoms with Crippen molar-refractivity contribution in [2.45, 2.75) is 51.9 Å². The van der Waals surface area contributed by atoms with Crippen LogP contribution in [-0.2, 0) is 20.7 Å². The third-order valence-corrected chi connectivity index (χ3v) is 4.92. The number of benzene rings is 1. The highest BCUT2D eigenvalue weighted by molar-refractivity contribution is 5.78. The molecule has 148 valence electrons. The molecular weight excluding hydrogens is 342 g/mol. The third kappa shape index (κ3) is 7.45. The minimum Gasteiger partial charge on any atom is -0.484 e. The van der Waals surface area contributed by atoms with Crippen LogP contribution in [0.4, 0.5) is 0 Å². The van der Waals surface area contributed by atoms with Crippen LogP contribution in [0.3, 0.4) is 0 Å². The molecule has 1 aromatic carbocycles. The summed E-state index contributed by atoms with van der Waals surface area (Å²) in [4.78, 5) is 25.9. The topological polar surface area (TPSA) is 55.8 Å². The van der Waals surface area contributed by atoms with E-state index in [9.17, 15) is 9.59 Å². The van der Waals surface area contributed by atoms with E-state index in [0.29, 0.717) is 18.8 Å². The van der Waals surface area contributed by atoms with Crippen molar-refractivity contribution in [2.24, 2.45) is 0 Å². The third-order valence-electron chi connectivity index (χ3n) is 4.92. The van der Waals surface area contributed by atoms with Crippen LogP contribution in [0, 0.1) is 0 Å². The number of ether oxygens (including phenoxy) is 2. The first kappa shape index (κ1) is 21.0. The van der Waals surface area contributed by atoms with Gasteiger partial charge >= 0.3 is 5.97 Å². The second-order valence-corrected chi connectivity index (χ2v) is 6.85. The molecule has 0 heterocycles. The van der Waals surface area contributed by atoms with Gasteiger partial charge in [0.15, 0.2) is 6.61 Å². The van der Waals surface area contributed by atoms with Crippen LogP contribution >= 0.6 is 0 Å². The van der Waals surface area contributed by atoms with Gasteiger partial charge in [-0.05, 0) is 56.2 Å². The molecule has 0 saturated carbocycles. The molecular formula is C22H31NO4. The van der Waals surface area contributed by atoms with Gasteiger partial charge < -0.3 is 14.4 Å². The first-order valence-electron chi connectivity index (χ1n) is 9.86. The second-order valence-electron chi connectivity index (χ2n) is 6.85. The first-order valence-corrected chi connectivity index (χ1v) is 9.86. The minimum atomic E-state index is -0.304. The molecule has 0 radical (unpaired) electrons. The van der Waals surface area contributed by atoms with Crippen molar-refractivity contribution in [3.05, 3.63) is 41.5 Å². The minimum absolute atomic E-state index is 0.0204. The molecule has 1 amide bonds. The summed E-state index contributed by atoms with van der Waals surface area (Å²) in [7, 11) is 1.37. The molecule has 0 aliphatic heterocycles. The maximum Gasteiger partial charge on any atom is 0.307 e. The van der Waals surface area contributed by atoms with E-state index in [2.05, 4.69) is 13.0 Å². The number of nitrogens with zero attached hydrogens (tertiary/aromatic N) is 1. The Morgan fingerprint density at radius 2 is 2.04 bits per heavy atom. The van der Waals surface area contributed by atoms with Crippen LogP contribution in [-0.4, -0.2) is 43.6 Å². The number of amides is 1. The molecule has 0 bridgehead atoms. The summed E-state index contributed by atoms with van der Waals surface area (Å²) in [5.41, 5.74) is 2.58.